The predicted octanol–water partition coefficient (Wildman–Crippen LogP) is -1.10. The predicted molar refractivity (Wildman–Crippen MR) is 166 cm³/mol. The second-order valence-corrected chi connectivity index (χ2v) is 11.6. The van der Waals surface area contributed by atoms with Crippen molar-refractivity contribution in [3.8, 4) is 0 Å². The number of nitrogens with one attached hydrogen (secondary N) is 6. The van der Waals surface area contributed by atoms with E-state index < -0.39 is 32.0 Å². The Labute approximate surface area is 263 Å². The van der Waals surface area contributed by atoms with Crippen LogP contribution in [-0.2, 0) is 29.7 Å². The van der Waals surface area contributed by atoms with Crippen molar-refractivity contribution < 1.29 is 45.6 Å². The van der Waals surface area contributed by atoms with E-state index in [1.54, 1.807) is 24.3 Å². The molecule has 0 unspecified atom stereocenters. The summed E-state index contributed by atoms with van der Waals surface area (Å²) in [7, 11) is -8.81. The number of benzene rings is 1. The van der Waals surface area contributed by atoms with Crippen molar-refractivity contribution in [3.63, 3.8) is 0 Å². The van der Waals surface area contributed by atoms with Gasteiger partial charge in [-0.15, -0.1) is 0 Å². The third kappa shape index (κ3) is 14.2. The van der Waals surface area contributed by atoms with Crippen molar-refractivity contribution in [2.45, 2.75) is 0 Å². The van der Waals surface area contributed by atoms with Gasteiger partial charge in [0.05, 0.1) is 51.0 Å². The van der Waals surface area contributed by atoms with Gasteiger partial charge in [-0.2, -0.15) is 46.7 Å². The summed E-state index contributed by atoms with van der Waals surface area (Å²) in [6.45, 7) is 0.834. The first-order chi connectivity index (χ1) is 21.9. The van der Waals surface area contributed by atoms with Crippen molar-refractivity contribution in [2.75, 3.05) is 96.4 Å². The van der Waals surface area contributed by atoms with Gasteiger partial charge in [0.25, 0.3) is 20.2 Å². The molecule has 3 aromatic rings. The number of hydrogen-bond acceptors (Lipinski definition) is 20. The smallest absolute Gasteiger partial charge is 0.283 e. The molecule has 0 amide bonds. The lowest BCUT2D eigenvalue weighted by Crippen LogP contribution is -2.18. The highest BCUT2D eigenvalue weighted by atomic mass is 32.2. The van der Waals surface area contributed by atoms with Crippen molar-refractivity contribution in [2.24, 2.45) is 0 Å². The lowest BCUT2D eigenvalue weighted by Gasteiger charge is -2.15. The molecule has 0 fully saturated rings. The maximum atomic E-state index is 11.3. The summed E-state index contributed by atoms with van der Waals surface area (Å²) in [5.41, 5.74) is 0.762. The zero-order chi connectivity index (χ0) is 33.4. The molecule has 0 bridgehead atoms. The number of para-hydroxylation sites is 2. The number of aliphatic hydroxyl groups excluding tert-OH is 2. The highest BCUT2D eigenvalue weighted by Gasteiger charge is 2.14. The van der Waals surface area contributed by atoms with Crippen LogP contribution in [0.15, 0.2) is 24.3 Å². The molecule has 1 aromatic carbocycles. The van der Waals surface area contributed by atoms with Gasteiger partial charge in [-0.05, 0) is 12.1 Å². The van der Waals surface area contributed by atoms with Gasteiger partial charge in [0.1, 0.15) is 11.8 Å². The molecule has 0 radical (unpaired) electrons. The van der Waals surface area contributed by atoms with Crippen LogP contribution in [0, 0.1) is 0 Å². The molecule has 0 saturated carbocycles. The Balaban J connectivity index is 1.85. The summed E-state index contributed by atoms with van der Waals surface area (Å²) in [5, 5.41) is 34.2. The topological polar surface area (TPSA) is 317 Å². The van der Waals surface area contributed by atoms with Crippen LogP contribution in [0.5, 0.6) is 0 Å². The van der Waals surface area contributed by atoms with Gasteiger partial charge in [-0.3, -0.25) is 9.11 Å². The molecular formula is C22H34N12O10S2. The fourth-order valence-electron chi connectivity index (χ4n) is 3.24. The number of nitrogens with zero attached hydrogens (tertiary/aromatic N) is 6. The van der Waals surface area contributed by atoms with Crippen LogP contribution >= 0.6 is 0 Å². The van der Waals surface area contributed by atoms with Crippen LogP contribution < -0.4 is 31.9 Å². The molecule has 254 valence electrons. The molecule has 46 heavy (non-hydrogen) atoms. The minimum Gasteiger partial charge on any atom is -0.394 e. The summed E-state index contributed by atoms with van der Waals surface area (Å²) >= 11 is 0. The Hall–Kier alpha value is -4.30. The zero-order valence-electron chi connectivity index (χ0n) is 24.1. The normalized spacial score (nSPS) is 11.6. The molecule has 0 spiro atoms. The van der Waals surface area contributed by atoms with E-state index in [0.717, 1.165) is 0 Å². The molecule has 22 nitrogen and oxygen atoms in total. The second-order valence-electron chi connectivity index (χ2n) is 8.74. The van der Waals surface area contributed by atoms with E-state index in [1.807, 2.05) is 0 Å². The molecule has 0 saturated heterocycles. The Kier molecular flexibility index (Phi) is 14.2. The third-order valence-corrected chi connectivity index (χ3v) is 6.06. The lowest BCUT2D eigenvalue weighted by molar-refractivity contribution is 0.0991. The first-order valence-corrected chi connectivity index (χ1v) is 16.5. The van der Waals surface area contributed by atoms with Crippen molar-refractivity contribution in [1.29, 1.82) is 0 Å². The SMILES string of the molecule is O=S(=O)(O)CNc1nc(NCCOCCO)nc(Nc2ccccc2Nc2nc(NCCOCCO)nc(NCS(=O)(=O)O)n2)n1. The van der Waals surface area contributed by atoms with Gasteiger partial charge in [-0.25, -0.2) is 0 Å². The zero-order valence-corrected chi connectivity index (χ0v) is 25.8. The van der Waals surface area contributed by atoms with Gasteiger partial charge in [0.2, 0.25) is 35.7 Å². The summed E-state index contributed by atoms with van der Waals surface area (Å²) in [6, 6.07) is 6.67. The maximum Gasteiger partial charge on any atom is 0.283 e. The minimum atomic E-state index is -4.40. The summed E-state index contributed by atoms with van der Waals surface area (Å²) in [4.78, 5) is 25.0. The highest BCUT2D eigenvalue weighted by Crippen LogP contribution is 2.27. The van der Waals surface area contributed by atoms with Gasteiger partial charge in [0, 0.05) is 13.1 Å². The first kappa shape index (κ1) is 36.2. The molecule has 10 N–H and O–H groups in total. The van der Waals surface area contributed by atoms with Crippen LogP contribution in [0.4, 0.5) is 47.1 Å². The molecular weight excluding hydrogens is 656 g/mol. The highest BCUT2D eigenvalue weighted by molar-refractivity contribution is 7.86. The Morgan fingerprint density at radius 3 is 1.24 bits per heavy atom. The van der Waals surface area contributed by atoms with Crippen LogP contribution in [-0.4, -0.2) is 131 Å². The van der Waals surface area contributed by atoms with Crippen LogP contribution in [0.3, 0.4) is 0 Å². The van der Waals surface area contributed by atoms with Gasteiger partial charge in [-0.1, -0.05) is 12.1 Å². The van der Waals surface area contributed by atoms with Gasteiger partial charge < -0.3 is 51.6 Å². The fourth-order valence-corrected chi connectivity index (χ4v) is 3.86. The molecule has 0 aliphatic rings. The number of rotatable bonds is 22. The Morgan fingerprint density at radius 2 is 0.891 bits per heavy atom. The summed E-state index contributed by atoms with van der Waals surface area (Å²) < 4.78 is 73.7. The van der Waals surface area contributed by atoms with Crippen LogP contribution in [0.2, 0.25) is 0 Å². The first-order valence-electron chi connectivity index (χ1n) is 13.3. The molecule has 24 heteroatoms. The van der Waals surface area contributed by atoms with E-state index in [2.05, 4.69) is 61.8 Å². The Morgan fingerprint density at radius 1 is 0.543 bits per heavy atom. The van der Waals surface area contributed by atoms with Crippen molar-refractivity contribution >= 4 is 67.3 Å². The summed E-state index contributed by atoms with van der Waals surface area (Å²) in [6.07, 6.45) is 0. The van der Waals surface area contributed by atoms with E-state index in [4.69, 9.17) is 28.8 Å². The molecule has 0 atom stereocenters. The number of aromatic nitrogens is 6. The Bertz CT molecular complexity index is 1500. The average molecular weight is 691 g/mol. The van der Waals surface area contributed by atoms with Crippen LogP contribution in [0.1, 0.15) is 0 Å². The minimum absolute atomic E-state index is 0.0269. The largest absolute Gasteiger partial charge is 0.394 e. The average Bonchev–Trinajstić information content (AvgIpc) is 2.99. The van der Waals surface area contributed by atoms with E-state index >= 15 is 0 Å². The molecule has 0 aliphatic carbocycles. The fraction of sp³-hybridized carbons (Fsp3) is 0.455. The van der Waals surface area contributed by atoms with Gasteiger partial charge in [0.15, 0.2) is 0 Å². The third-order valence-electron chi connectivity index (χ3n) is 5.05. The molecule has 2 aromatic heterocycles. The molecule has 0 aliphatic heterocycles. The number of hydrogen-bond donors (Lipinski definition) is 10. The van der Waals surface area contributed by atoms with Crippen molar-refractivity contribution in [3.05, 3.63) is 24.3 Å². The number of ether oxygens (including phenoxy) is 2. The summed E-state index contributed by atoms with van der Waals surface area (Å²) in [5.74, 6) is -2.15. The lowest BCUT2D eigenvalue weighted by atomic mass is 10.2. The van der Waals surface area contributed by atoms with E-state index in [9.17, 15) is 16.8 Å². The maximum absolute atomic E-state index is 11.3. The number of anilines is 8. The quantitative estimate of drug-likeness (QED) is 0.0442. The second kappa shape index (κ2) is 18.0. The van der Waals surface area contributed by atoms with E-state index in [1.165, 1.54) is 0 Å². The van der Waals surface area contributed by atoms with E-state index in [0.29, 0.717) is 11.4 Å². The standard InChI is InChI=1S/C22H34N12O10S2/c35-7-11-43-9-5-23-17-29-19(25-13-45(37,38)39)33-21(31-17)27-15-3-1-2-4-16(15)28-22-32-18(24-6-10-44-12-8-36)30-20(34-22)26-14-46(40,41)42/h1-4,35-36H,5-14H2,(H,37,38,39)(H,40,41,42)(H3,23,25,27,29,31,33)(H3,24,26,28,30,32,34). The van der Waals surface area contributed by atoms with Crippen molar-refractivity contribution in [1.82, 2.24) is 29.9 Å². The molecule has 2 heterocycles. The monoisotopic (exact) mass is 690 g/mol. The molecule has 3 rings (SSSR count). The van der Waals surface area contributed by atoms with E-state index in [-0.39, 0.29) is 88.4 Å². The van der Waals surface area contributed by atoms with Gasteiger partial charge >= 0.3 is 0 Å². The number of aliphatic hydroxyl groups is 2. The van der Waals surface area contributed by atoms with Crippen LogP contribution in [0.25, 0.3) is 0 Å².